The summed E-state index contributed by atoms with van der Waals surface area (Å²) in [6, 6.07) is 19.3. The molecule has 6 rings (SSSR count). The number of rotatable bonds is 9. The molecule has 1 spiro atoms. The van der Waals surface area contributed by atoms with E-state index in [0.717, 1.165) is 63.3 Å². The Labute approximate surface area is 254 Å². The van der Waals surface area contributed by atoms with E-state index >= 15 is 0 Å². The number of hydrogen-bond donors (Lipinski definition) is 1. The van der Waals surface area contributed by atoms with Gasteiger partial charge in [-0.05, 0) is 55.7 Å². The van der Waals surface area contributed by atoms with E-state index in [2.05, 4.69) is 70.3 Å². The highest BCUT2D eigenvalue weighted by Gasteiger charge is 2.49. The van der Waals surface area contributed by atoms with Gasteiger partial charge in [0.2, 0.25) is 5.95 Å². The highest BCUT2D eigenvalue weighted by Crippen LogP contribution is 2.39. The number of benzene rings is 2. The van der Waals surface area contributed by atoms with Gasteiger partial charge < -0.3 is 24.4 Å². The van der Waals surface area contributed by atoms with Crippen LogP contribution >= 0.6 is 0 Å². The van der Waals surface area contributed by atoms with Gasteiger partial charge in [0.1, 0.15) is 18.0 Å². The van der Waals surface area contributed by atoms with Crippen LogP contribution in [0.3, 0.4) is 0 Å². The summed E-state index contributed by atoms with van der Waals surface area (Å²) < 4.78 is 16.8. The average molecular weight is 586 g/mol. The van der Waals surface area contributed by atoms with Gasteiger partial charge in [-0.2, -0.15) is 0 Å². The smallest absolute Gasteiger partial charge is 0.407 e. The Morgan fingerprint density at radius 3 is 2.23 bits per heavy atom. The normalized spacial score (nSPS) is 18.4. The number of carbonyl (C=O) groups is 1. The topological polar surface area (TPSA) is 89.0 Å². The SMILES string of the molecule is CC(C)(C)OC(=O)NC1CN(Cc2ccc(C(C)(C)c3ccc(OCc4ccnc(N5CC6(COC6)C5)n4)cc3)cc2)C1. The first-order valence-corrected chi connectivity index (χ1v) is 15.2. The summed E-state index contributed by atoms with van der Waals surface area (Å²) in [7, 11) is 0. The van der Waals surface area contributed by atoms with Crippen molar-refractivity contribution in [3.63, 3.8) is 0 Å². The van der Waals surface area contributed by atoms with E-state index in [9.17, 15) is 4.79 Å². The van der Waals surface area contributed by atoms with Gasteiger partial charge >= 0.3 is 6.09 Å². The molecule has 228 valence electrons. The lowest BCUT2D eigenvalue weighted by Gasteiger charge is -2.54. The number of aromatic nitrogens is 2. The third-order valence-corrected chi connectivity index (χ3v) is 8.57. The van der Waals surface area contributed by atoms with Crippen LogP contribution < -0.4 is 15.0 Å². The minimum atomic E-state index is -0.481. The minimum absolute atomic E-state index is 0.138. The van der Waals surface area contributed by atoms with Crippen LogP contribution in [0.4, 0.5) is 10.7 Å². The summed E-state index contributed by atoms with van der Waals surface area (Å²) in [5.74, 6) is 1.59. The lowest BCUT2D eigenvalue weighted by atomic mass is 9.78. The van der Waals surface area contributed by atoms with Gasteiger partial charge in [-0.1, -0.05) is 50.2 Å². The molecule has 1 N–H and O–H groups in total. The van der Waals surface area contributed by atoms with Crippen LogP contribution in [-0.2, 0) is 28.0 Å². The van der Waals surface area contributed by atoms with E-state index in [4.69, 9.17) is 19.2 Å². The Morgan fingerprint density at radius 1 is 0.977 bits per heavy atom. The van der Waals surface area contributed by atoms with Crippen LogP contribution in [0.25, 0.3) is 0 Å². The number of likely N-dealkylation sites (tertiary alicyclic amines) is 1. The maximum atomic E-state index is 12.0. The van der Waals surface area contributed by atoms with Crippen molar-refractivity contribution in [1.29, 1.82) is 0 Å². The summed E-state index contributed by atoms with van der Waals surface area (Å²) >= 11 is 0. The molecule has 1 aromatic heterocycles. The molecule has 43 heavy (non-hydrogen) atoms. The molecule has 9 heteroatoms. The highest BCUT2D eigenvalue weighted by atomic mass is 16.6. The van der Waals surface area contributed by atoms with Gasteiger partial charge in [-0.25, -0.2) is 14.8 Å². The Balaban J connectivity index is 0.977. The molecule has 0 unspecified atom stereocenters. The lowest BCUT2D eigenvalue weighted by Crippen LogP contribution is -2.66. The fraction of sp³-hybridized carbons (Fsp3) is 0.500. The fourth-order valence-electron chi connectivity index (χ4n) is 5.94. The van der Waals surface area contributed by atoms with Crippen molar-refractivity contribution in [2.24, 2.45) is 5.41 Å². The zero-order valence-electron chi connectivity index (χ0n) is 25.9. The van der Waals surface area contributed by atoms with E-state index in [0.29, 0.717) is 12.0 Å². The summed E-state index contributed by atoms with van der Waals surface area (Å²) in [5, 5.41) is 2.95. The minimum Gasteiger partial charge on any atom is -0.487 e. The van der Waals surface area contributed by atoms with Gasteiger partial charge in [-0.15, -0.1) is 0 Å². The second-order valence-corrected chi connectivity index (χ2v) is 13.9. The molecule has 3 aromatic rings. The number of ether oxygens (including phenoxy) is 3. The second kappa shape index (κ2) is 11.4. The average Bonchev–Trinajstić information content (AvgIpc) is 2.89. The Morgan fingerprint density at radius 2 is 1.63 bits per heavy atom. The molecule has 0 atom stereocenters. The molecular formula is C34H43N5O4. The molecule has 0 radical (unpaired) electrons. The summed E-state index contributed by atoms with van der Waals surface area (Å²) in [6.07, 6.45) is 1.47. The Kier molecular flexibility index (Phi) is 7.81. The number of anilines is 1. The van der Waals surface area contributed by atoms with Crippen LogP contribution in [0.15, 0.2) is 60.8 Å². The number of alkyl carbamates (subject to hydrolysis) is 1. The van der Waals surface area contributed by atoms with Crippen LogP contribution in [0.5, 0.6) is 5.75 Å². The van der Waals surface area contributed by atoms with E-state index in [1.54, 1.807) is 0 Å². The van der Waals surface area contributed by atoms with E-state index in [-0.39, 0.29) is 17.6 Å². The van der Waals surface area contributed by atoms with Crippen LogP contribution in [0.2, 0.25) is 0 Å². The quantitative estimate of drug-likeness (QED) is 0.378. The van der Waals surface area contributed by atoms with Crippen molar-refractivity contribution in [1.82, 2.24) is 20.2 Å². The van der Waals surface area contributed by atoms with Crippen molar-refractivity contribution in [2.75, 3.05) is 44.3 Å². The molecule has 3 fully saturated rings. The fourth-order valence-corrected chi connectivity index (χ4v) is 5.94. The van der Waals surface area contributed by atoms with Gasteiger partial charge in [0.15, 0.2) is 0 Å². The molecule has 3 saturated heterocycles. The number of amides is 1. The second-order valence-electron chi connectivity index (χ2n) is 13.9. The van der Waals surface area contributed by atoms with Crippen molar-refractivity contribution < 1.29 is 19.0 Å². The molecule has 0 bridgehead atoms. The van der Waals surface area contributed by atoms with Crippen molar-refractivity contribution in [3.05, 3.63) is 83.2 Å². The van der Waals surface area contributed by atoms with Crippen LogP contribution in [-0.4, -0.2) is 72.0 Å². The number of nitrogens with zero attached hydrogens (tertiary/aromatic N) is 4. The molecule has 1 amide bonds. The van der Waals surface area contributed by atoms with Crippen LogP contribution in [0, 0.1) is 5.41 Å². The third kappa shape index (κ3) is 6.78. The molecular weight excluding hydrogens is 542 g/mol. The standard InChI is InChI=1S/C34H43N5O4/c1-32(2,3)43-31(40)37-28-17-38(18-28)16-24-6-8-25(9-7-24)33(4,5)26-10-12-29(13-11-26)42-19-27-14-15-35-30(36-27)39-20-34(21-39)22-41-23-34/h6-15,28H,16-23H2,1-5H3,(H,37,40). The predicted octanol–water partition coefficient (Wildman–Crippen LogP) is 4.93. The zero-order valence-corrected chi connectivity index (χ0v) is 25.9. The van der Waals surface area contributed by atoms with Gasteiger partial charge in [0, 0.05) is 44.3 Å². The first kappa shape index (κ1) is 29.4. The predicted molar refractivity (Wildman–Crippen MR) is 165 cm³/mol. The number of hydrogen-bond acceptors (Lipinski definition) is 8. The first-order chi connectivity index (χ1) is 20.5. The largest absolute Gasteiger partial charge is 0.487 e. The molecule has 0 aliphatic carbocycles. The molecule has 4 heterocycles. The maximum absolute atomic E-state index is 12.0. The Hall–Kier alpha value is -3.69. The zero-order chi connectivity index (χ0) is 30.2. The lowest BCUT2D eigenvalue weighted by molar-refractivity contribution is -0.127. The number of nitrogens with one attached hydrogen (secondary N) is 1. The van der Waals surface area contributed by atoms with E-state index in [1.807, 2.05) is 45.2 Å². The highest BCUT2D eigenvalue weighted by molar-refractivity contribution is 5.68. The Bertz CT molecular complexity index is 1420. The molecule has 3 aliphatic rings. The monoisotopic (exact) mass is 585 g/mol. The van der Waals surface area contributed by atoms with Crippen molar-refractivity contribution in [3.8, 4) is 5.75 Å². The number of carbonyl (C=O) groups excluding carboxylic acids is 1. The summed E-state index contributed by atoms with van der Waals surface area (Å²) in [5.41, 5.74) is 4.31. The van der Waals surface area contributed by atoms with E-state index < -0.39 is 5.60 Å². The molecule has 2 aromatic carbocycles. The van der Waals surface area contributed by atoms with E-state index in [1.165, 1.54) is 16.7 Å². The van der Waals surface area contributed by atoms with Crippen molar-refractivity contribution >= 4 is 12.0 Å². The van der Waals surface area contributed by atoms with Crippen LogP contribution in [0.1, 0.15) is 57.0 Å². The van der Waals surface area contributed by atoms with Gasteiger partial charge in [0.05, 0.1) is 30.4 Å². The molecule has 9 nitrogen and oxygen atoms in total. The maximum Gasteiger partial charge on any atom is 0.407 e. The van der Waals surface area contributed by atoms with Gasteiger partial charge in [0.25, 0.3) is 0 Å². The van der Waals surface area contributed by atoms with Gasteiger partial charge in [-0.3, -0.25) is 4.90 Å². The van der Waals surface area contributed by atoms with Crippen molar-refractivity contribution in [2.45, 2.75) is 64.8 Å². The summed E-state index contributed by atoms with van der Waals surface area (Å²) in [4.78, 5) is 25.7. The first-order valence-electron chi connectivity index (χ1n) is 15.2. The molecule has 3 aliphatic heterocycles. The third-order valence-electron chi connectivity index (χ3n) is 8.57. The summed E-state index contributed by atoms with van der Waals surface area (Å²) in [6.45, 7) is 16.7. The molecule has 0 saturated carbocycles.